The molecule has 2 unspecified atom stereocenters. The Balaban J connectivity index is 1.58. The quantitative estimate of drug-likeness (QED) is 0.183. The van der Waals surface area contributed by atoms with Gasteiger partial charge in [-0.15, -0.1) is 0 Å². The Labute approximate surface area is 206 Å². The molecule has 0 spiro atoms. The molecule has 0 aromatic heterocycles. The van der Waals surface area contributed by atoms with Crippen LogP contribution in [-0.2, 0) is 23.4 Å². The van der Waals surface area contributed by atoms with Crippen molar-refractivity contribution in [3.05, 3.63) is 0 Å². The lowest BCUT2D eigenvalue weighted by Crippen LogP contribution is -2.38. The Morgan fingerprint density at radius 1 is 1.18 bits per heavy atom. The van der Waals surface area contributed by atoms with Gasteiger partial charge in [-0.05, 0) is 63.0 Å². The fraction of sp³-hybridized carbons (Fsp3) is 0.962. The van der Waals surface area contributed by atoms with Crippen molar-refractivity contribution in [3.63, 3.8) is 0 Å². The molecule has 3 fully saturated rings. The maximum absolute atomic E-state index is 15.3. The summed E-state index contributed by atoms with van der Waals surface area (Å²) in [5, 5.41) is 0. The van der Waals surface area contributed by atoms with Gasteiger partial charge < -0.3 is 18.6 Å². The van der Waals surface area contributed by atoms with Crippen LogP contribution in [0.4, 0.5) is 8.78 Å². The van der Waals surface area contributed by atoms with Crippen LogP contribution in [0.3, 0.4) is 0 Å². The molecule has 1 saturated carbocycles. The molecular formula is C26H46F2O5Si. The topological polar surface area (TPSA) is 54.0 Å². The predicted octanol–water partition coefficient (Wildman–Crippen LogP) is 6.10. The summed E-state index contributed by atoms with van der Waals surface area (Å²) < 4.78 is 53.9. The third-order valence-corrected chi connectivity index (χ3v) is 8.71. The summed E-state index contributed by atoms with van der Waals surface area (Å²) >= 11 is 0. The van der Waals surface area contributed by atoms with E-state index in [2.05, 4.69) is 13.1 Å². The molecule has 0 amide bonds. The first kappa shape index (κ1) is 28.0. The number of fused-ring (bicyclic) bond motifs is 1. The van der Waals surface area contributed by atoms with Crippen LogP contribution in [0.1, 0.15) is 85.0 Å². The van der Waals surface area contributed by atoms with E-state index in [0.29, 0.717) is 38.7 Å². The molecule has 3 aliphatic rings. The highest BCUT2D eigenvalue weighted by molar-refractivity contribution is 6.48. The normalized spacial score (nSPS) is 31.1. The average Bonchev–Trinajstić information content (AvgIpc) is 3.24. The van der Waals surface area contributed by atoms with Gasteiger partial charge in [0.1, 0.15) is 6.10 Å². The fourth-order valence-corrected chi connectivity index (χ4v) is 6.80. The van der Waals surface area contributed by atoms with Gasteiger partial charge in [-0.3, -0.25) is 4.79 Å². The van der Waals surface area contributed by atoms with Crippen molar-refractivity contribution >= 4 is 15.0 Å². The van der Waals surface area contributed by atoms with Gasteiger partial charge in [-0.2, -0.15) is 0 Å². The van der Waals surface area contributed by atoms with Crippen LogP contribution in [0.25, 0.3) is 0 Å². The monoisotopic (exact) mass is 504 g/mol. The molecule has 3 rings (SSSR count). The minimum absolute atomic E-state index is 0.0304. The molecule has 198 valence electrons. The van der Waals surface area contributed by atoms with Crippen LogP contribution < -0.4 is 0 Å². The molecule has 0 bridgehead atoms. The van der Waals surface area contributed by atoms with E-state index in [1.807, 2.05) is 20.8 Å². The molecule has 6 atom stereocenters. The minimum atomic E-state index is -2.73. The summed E-state index contributed by atoms with van der Waals surface area (Å²) in [6.45, 7) is 11.0. The highest BCUT2D eigenvalue weighted by Crippen LogP contribution is 2.48. The van der Waals surface area contributed by atoms with E-state index < -0.39 is 26.3 Å². The first-order valence-electron chi connectivity index (χ1n) is 13.4. The van der Waals surface area contributed by atoms with Gasteiger partial charge in [0.2, 0.25) is 0 Å². The van der Waals surface area contributed by atoms with Gasteiger partial charge in [0, 0.05) is 37.9 Å². The number of ether oxygens (including phenoxy) is 3. The van der Waals surface area contributed by atoms with Crippen LogP contribution in [0.15, 0.2) is 0 Å². The van der Waals surface area contributed by atoms with Gasteiger partial charge in [0.25, 0.3) is 5.92 Å². The molecule has 0 aromatic carbocycles. The summed E-state index contributed by atoms with van der Waals surface area (Å²) in [5.74, 6) is -3.28. The van der Waals surface area contributed by atoms with Crippen LogP contribution in [0.2, 0.25) is 13.1 Å². The Morgan fingerprint density at radius 3 is 2.59 bits per heavy atom. The predicted molar refractivity (Wildman–Crippen MR) is 130 cm³/mol. The molecule has 2 aliphatic heterocycles. The molecular weight excluding hydrogens is 458 g/mol. The van der Waals surface area contributed by atoms with Crippen molar-refractivity contribution in [3.8, 4) is 0 Å². The molecule has 34 heavy (non-hydrogen) atoms. The van der Waals surface area contributed by atoms with Crippen molar-refractivity contribution < 1.29 is 32.2 Å². The summed E-state index contributed by atoms with van der Waals surface area (Å²) in [4.78, 5) is 11.9. The third kappa shape index (κ3) is 7.71. The van der Waals surface area contributed by atoms with Crippen LogP contribution in [-0.4, -0.2) is 52.6 Å². The summed E-state index contributed by atoms with van der Waals surface area (Å²) in [5.41, 5.74) is -0.492. The van der Waals surface area contributed by atoms with E-state index in [9.17, 15) is 4.79 Å². The molecule has 0 aromatic rings. The van der Waals surface area contributed by atoms with Crippen molar-refractivity contribution in [2.45, 2.75) is 122 Å². The Morgan fingerprint density at radius 2 is 1.94 bits per heavy atom. The van der Waals surface area contributed by atoms with Crippen LogP contribution in [0.5, 0.6) is 0 Å². The van der Waals surface area contributed by atoms with Gasteiger partial charge in [-0.1, -0.05) is 27.2 Å². The molecule has 5 nitrogen and oxygen atoms in total. The second-order valence-corrected chi connectivity index (χ2v) is 14.3. The Hall–Kier alpha value is -0.573. The van der Waals surface area contributed by atoms with Gasteiger partial charge in [0.05, 0.1) is 12.5 Å². The number of rotatable bonds is 12. The van der Waals surface area contributed by atoms with Gasteiger partial charge >= 0.3 is 5.97 Å². The largest absolute Gasteiger partial charge is 0.462 e. The average molecular weight is 505 g/mol. The second kappa shape index (κ2) is 12.1. The van der Waals surface area contributed by atoms with E-state index in [0.717, 1.165) is 32.3 Å². The highest BCUT2D eigenvalue weighted by atomic mass is 28.3. The molecule has 2 saturated heterocycles. The summed E-state index contributed by atoms with van der Waals surface area (Å²) in [6, 6.07) is 0. The van der Waals surface area contributed by atoms with Crippen molar-refractivity contribution in [1.82, 2.24) is 0 Å². The molecule has 8 heteroatoms. The number of carbonyl (C=O) groups is 1. The molecule has 1 aliphatic carbocycles. The second-order valence-electron chi connectivity index (χ2n) is 11.9. The van der Waals surface area contributed by atoms with Crippen molar-refractivity contribution in [2.75, 3.05) is 13.2 Å². The van der Waals surface area contributed by atoms with E-state index >= 15 is 8.78 Å². The number of halogens is 2. The minimum Gasteiger partial charge on any atom is -0.462 e. The van der Waals surface area contributed by atoms with Gasteiger partial charge in [-0.25, -0.2) is 8.78 Å². The standard InChI is InChI=1S/C26H46F2O5Si/c1-25(2,3)22(26(27,28)13-9-15-31-34(4)5)11-8-10-18-19-16-23(29)32-21(19)17-20(18)33-24-12-6-7-14-30-24/h18-22,24,34H,6-17H2,1-5H3/t18-,19-,20-,21+,22?,24?/m1/s1. The maximum Gasteiger partial charge on any atom is 0.306 e. The summed E-state index contributed by atoms with van der Waals surface area (Å²) in [6.07, 6.45) is 6.03. The smallest absolute Gasteiger partial charge is 0.306 e. The number of esters is 1. The molecule has 0 radical (unpaired) electrons. The number of hydrogen-bond donors (Lipinski definition) is 0. The van der Waals surface area contributed by atoms with Crippen molar-refractivity contribution in [1.29, 1.82) is 0 Å². The Bertz CT molecular complexity index is 648. The zero-order valence-electron chi connectivity index (χ0n) is 21.8. The lowest BCUT2D eigenvalue weighted by molar-refractivity contribution is -0.197. The number of carbonyl (C=O) groups excluding carboxylic acids is 1. The third-order valence-electron chi connectivity index (χ3n) is 7.81. The first-order valence-corrected chi connectivity index (χ1v) is 16.2. The SMILES string of the molecule is C[SiH](C)OCCCC(F)(F)C(CCC[C@@H]1[C@H]2CC(=O)O[C@H]2C[C@H]1OC1CCCCO1)C(C)(C)C. The zero-order valence-corrected chi connectivity index (χ0v) is 23.0. The Kier molecular flexibility index (Phi) is 9.97. The van der Waals surface area contributed by atoms with Crippen molar-refractivity contribution in [2.24, 2.45) is 23.2 Å². The number of hydrogen-bond acceptors (Lipinski definition) is 5. The number of alkyl halides is 2. The fourth-order valence-electron chi connectivity index (χ4n) is 6.16. The van der Waals surface area contributed by atoms with Gasteiger partial charge in [0.15, 0.2) is 15.3 Å². The summed E-state index contributed by atoms with van der Waals surface area (Å²) in [7, 11) is -1.18. The molecule has 0 N–H and O–H groups in total. The first-order chi connectivity index (χ1) is 16.0. The van der Waals surface area contributed by atoms with E-state index in [1.165, 1.54) is 0 Å². The van der Waals surface area contributed by atoms with E-state index in [4.69, 9.17) is 18.6 Å². The lowest BCUT2D eigenvalue weighted by atomic mass is 9.72. The van der Waals surface area contributed by atoms with E-state index in [1.54, 1.807) is 0 Å². The lowest BCUT2D eigenvalue weighted by Gasteiger charge is -2.38. The zero-order chi connectivity index (χ0) is 24.9. The van der Waals surface area contributed by atoms with Crippen LogP contribution in [0, 0.1) is 23.2 Å². The highest BCUT2D eigenvalue weighted by Gasteiger charge is 2.51. The molecule has 2 heterocycles. The van der Waals surface area contributed by atoms with Crippen LogP contribution >= 0.6 is 0 Å². The van der Waals surface area contributed by atoms with E-state index in [-0.39, 0.29) is 42.7 Å². The maximum atomic E-state index is 15.3.